The van der Waals surface area contributed by atoms with Crippen LogP contribution in [-0.4, -0.2) is 40.1 Å². The number of carboxylic acids is 2. The molecule has 0 spiro atoms. The van der Waals surface area contributed by atoms with Gasteiger partial charge in [-0.15, -0.1) is 0 Å². The van der Waals surface area contributed by atoms with Crippen LogP contribution in [0, 0.1) is 6.92 Å². The summed E-state index contributed by atoms with van der Waals surface area (Å²) in [5, 5.41) is 18.7. The quantitative estimate of drug-likeness (QED) is 0.756. The van der Waals surface area contributed by atoms with Crippen LogP contribution in [0.25, 0.3) is 0 Å². The third kappa shape index (κ3) is 4.40. The minimum atomic E-state index is -0.905. The van der Waals surface area contributed by atoms with Crippen LogP contribution < -0.4 is 0 Å². The Balaban J connectivity index is 2.55. The van der Waals surface area contributed by atoms with Gasteiger partial charge in [-0.3, -0.25) is 14.5 Å². The highest BCUT2D eigenvalue weighted by Crippen LogP contribution is 2.33. The van der Waals surface area contributed by atoms with Crippen molar-refractivity contribution in [3.05, 3.63) is 33.4 Å². The zero-order valence-electron chi connectivity index (χ0n) is 15.5. The number of unbranched alkanes of at least 4 members (excludes halogenated alkanes) is 1. The predicted molar refractivity (Wildman–Crippen MR) is 97.1 cm³/mol. The fraction of sp³-hybridized carbons (Fsp3) is 0.600. The average Bonchev–Trinajstić information content (AvgIpc) is 2.56. The molecule has 0 saturated heterocycles. The minimum Gasteiger partial charge on any atom is -0.481 e. The molecule has 1 aromatic rings. The molecule has 0 aromatic heterocycles. The monoisotopic (exact) mass is 347 g/mol. The van der Waals surface area contributed by atoms with Gasteiger partial charge in [0.05, 0.1) is 12.8 Å². The molecule has 0 unspecified atom stereocenters. The third-order valence-corrected chi connectivity index (χ3v) is 5.26. The first-order valence-electron chi connectivity index (χ1n) is 9.19. The van der Waals surface area contributed by atoms with Crippen LogP contribution in [0.5, 0.6) is 0 Å². The normalized spacial score (nSPS) is 14.4. The summed E-state index contributed by atoms with van der Waals surface area (Å²) < 4.78 is 0. The van der Waals surface area contributed by atoms with E-state index < -0.39 is 11.9 Å². The summed E-state index contributed by atoms with van der Waals surface area (Å²) >= 11 is 0. The maximum Gasteiger partial charge on any atom is 0.307 e. The van der Waals surface area contributed by atoms with Crippen LogP contribution >= 0.6 is 0 Å². The number of carbonyl (C=O) groups is 2. The van der Waals surface area contributed by atoms with Gasteiger partial charge in [0.15, 0.2) is 0 Å². The van der Waals surface area contributed by atoms with Crippen LogP contribution in [0.3, 0.4) is 0 Å². The molecule has 2 rings (SSSR count). The van der Waals surface area contributed by atoms with Crippen molar-refractivity contribution in [2.45, 2.75) is 65.8 Å². The van der Waals surface area contributed by atoms with Crippen molar-refractivity contribution in [3.8, 4) is 0 Å². The van der Waals surface area contributed by atoms with Crippen LogP contribution in [0.15, 0.2) is 0 Å². The molecule has 0 fully saturated rings. The molecule has 0 saturated carbocycles. The third-order valence-electron chi connectivity index (χ3n) is 5.26. The molecule has 0 aliphatic carbocycles. The molecule has 5 heteroatoms. The molecule has 1 aliphatic rings. The van der Waals surface area contributed by atoms with Gasteiger partial charge < -0.3 is 10.2 Å². The molecule has 25 heavy (non-hydrogen) atoms. The van der Waals surface area contributed by atoms with E-state index in [2.05, 4.69) is 11.8 Å². The van der Waals surface area contributed by atoms with Gasteiger partial charge in [0.2, 0.25) is 0 Å². The van der Waals surface area contributed by atoms with E-state index in [-0.39, 0.29) is 12.8 Å². The smallest absolute Gasteiger partial charge is 0.307 e. The van der Waals surface area contributed by atoms with Gasteiger partial charge in [0, 0.05) is 13.1 Å². The van der Waals surface area contributed by atoms with E-state index in [9.17, 15) is 19.8 Å². The maximum atomic E-state index is 11.4. The predicted octanol–water partition coefficient (Wildman–Crippen LogP) is 2.97. The average molecular weight is 347 g/mol. The van der Waals surface area contributed by atoms with Crippen molar-refractivity contribution in [1.29, 1.82) is 0 Å². The Kier molecular flexibility index (Phi) is 6.59. The van der Waals surface area contributed by atoms with Crippen molar-refractivity contribution >= 4 is 11.9 Å². The number of benzene rings is 1. The van der Waals surface area contributed by atoms with Crippen molar-refractivity contribution < 1.29 is 19.8 Å². The molecule has 5 nitrogen and oxygen atoms in total. The van der Waals surface area contributed by atoms with Gasteiger partial charge >= 0.3 is 11.9 Å². The van der Waals surface area contributed by atoms with Crippen LogP contribution in [0.4, 0.5) is 0 Å². The second-order valence-corrected chi connectivity index (χ2v) is 6.89. The molecule has 138 valence electrons. The van der Waals surface area contributed by atoms with Gasteiger partial charge in [0.1, 0.15) is 0 Å². The summed E-state index contributed by atoms with van der Waals surface area (Å²) in [5.74, 6) is -1.81. The summed E-state index contributed by atoms with van der Waals surface area (Å²) in [6.45, 7) is 9.07. The highest BCUT2D eigenvalue weighted by Gasteiger charge is 2.26. The molecular weight excluding hydrogens is 318 g/mol. The van der Waals surface area contributed by atoms with E-state index >= 15 is 0 Å². The Morgan fingerprint density at radius 3 is 2.20 bits per heavy atom. The Hall–Kier alpha value is -1.88. The molecule has 2 N–H and O–H groups in total. The van der Waals surface area contributed by atoms with Crippen molar-refractivity contribution in [2.24, 2.45) is 0 Å². The number of nitrogens with zero attached hydrogens (tertiary/aromatic N) is 1. The van der Waals surface area contributed by atoms with E-state index in [4.69, 9.17) is 0 Å². The molecule has 1 aliphatic heterocycles. The lowest BCUT2D eigenvalue weighted by Crippen LogP contribution is -2.33. The molecule has 1 aromatic carbocycles. The fourth-order valence-corrected chi connectivity index (χ4v) is 4.04. The number of rotatable bonds is 8. The molecule has 0 atom stereocenters. The van der Waals surface area contributed by atoms with E-state index in [1.165, 1.54) is 11.1 Å². The van der Waals surface area contributed by atoms with Crippen LogP contribution in [-0.2, 0) is 41.8 Å². The van der Waals surface area contributed by atoms with Crippen LogP contribution in [0.2, 0.25) is 0 Å². The zero-order valence-corrected chi connectivity index (χ0v) is 15.5. The topological polar surface area (TPSA) is 77.8 Å². The second kappa shape index (κ2) is 8.48. The summed E-state index contributed by atoms with van der Waals surface area (Å²) in [7, 11) is 0. The van der Waals surface area contributed by atoms with Gasteiger partial charge in [0.25, 0.3) is 0 Å². The van der Waals surface area contributed by atoms with E-state index in [1.807, 2.05) is 13.8 Å². The summed E-state index contributed by atoms with van der Waals surface area (Å²) in [4.78, 5) is 25.2. The summed E-state index contributed by atoms with van der Waals surface area (Å²) in [6.07, 6.45) is 3.76. The first-order chi connectivity index (χ1) is 11.9. The lowest BCUT2D eigenvalue weighted by Gasteiger charge is -2.33. The first kappa shape index (κ1) is 19.4. The van der Waals surface area contributed by atoms with E-state index in [1.54, 1.807) is 0 Å². The summed E-state index contributed by atoms with van der Waals surface area (Å²) in [6, 6.07) is 0. The first-order valence-corrected chi connectivity index (χ1v) is 9.19. The molecule has 0 bridgehead atoms. The summed E-state index contributed by atoms with van der Waals surface area (Å²) in [5.41, 5.74) is 5.97. The molecule has 0 radical (unpaired) electrons. The lowest BCUT2D eigenvalue weighted by molar-refractivity contribution is -0.137. The van der Waals surface area contributed by atoms with Crippen molar-refractivity contribution in [3.63, 3.8) is 0 Å². The Morgan fingerprint density at radius 2 is 1.64 bits per heavy atom. The number of hydrogen-bond acceptors (Lipinski definition) is 3. The SMILES string of the molecule is CCCCN1CCc2c(C)c(CC(=O)O)c(CC(=O)O)c(CC)c2C1. The molecular formula is C20H29NO4. The lowest BCUT2D eigenvalue weighted by atomic mass is 9.81. The minimum absolute atomic E-state index is 0.102. The zero-order chi connectivity index (χ0) is 18.6. The fourth-order valence-electron chi connectivity index (χ4n) is 4.04. The number of fused-ring (bicyclic) bond motifs is 1. The van der Waals surface area contributed by atoms with Gasteiger partial charge in [-0.05, 0) is 66.1 Å². The van der Waals surface area contributed by atoms with Crippen LogP contribution in [0.1, 0.15) is 60.1 Å². The van der Waals surface area contributed by atoms with E-state index in [0.717, 1.165) is 62.0 Å². The highest BCUT2D eigenvalue weighted by atomic mass is 16.4. The number of carboxylic acid groups (broad SMARTS) is 2. The Labute approximate surface area is 149 Å². The standard InChI is InChI=1S/C20H29NO4/c1-4-6-8-21-9-7-15-13(3)16(10-19(22)23)17(11-20(24)25)14(5-2)18(15)12-21/h4-12H2,1-3H3,(H,22,23)(H,24,25). The highest BCUT2D eigenvalue weighted by molar-refractivity contribution is 5.76. The Bertz CT molecular complexity index is 666. The number of aliphatic carboxylic acids is 2. The van der Waals surface area contributed by atoms with E-state index in [0.29, 0.717) is 5.56 Å². The maximum absolute atomic E-state index is 11.4. The van der Waals surface area contributed by atoms with Gasteiger partial charge in [-0.2, -0.15) is 0 Å². The van der Waals surface area contributed by atoms with Crippen molar-refractivity contribution in [2.75, 3.05) is 13.1 Å². The largest absolute Gasteiger partial charge is 0.481 e. The number of hydrogen-bond donors (Lipinski definition) is 2. The Morgan fingerprint density at radius 1 is 1.00 bits per heavy atom. The molecule has 0 amide bonds. The van der Waals surface area contributed by atoms with Gasteiger partial charge in [-0.1, -0.05) is 20.3 Å². The molecule has 1 heterocycles. The second-order valence-electron chi connectivity index (χ2n) is 6.89. The van der Waals surface area contributed by atoms with Crippen molar-refractivity contribution in [1.82, 2.24) is 4.90 Å². The van der Waals surface area contributed by atoms with Gasteiger partial charge in [-0.25, -0.2) is 0 Å².